The molecule has 0 atom stereocenters. The fraction of sp³-hybridized carbons (Fsp3) is 0.846. The highest BCUT2D eigenvalue weighted by Crippen LogP contribution is 2.21. The number of hydrogen-bond donors (Lipinski definition) is 1. The van der Waals surface area contributed by atoms with Crippen molar-refractivity contribution in [2.75, 3.05) is 59.3 Å². The van der Waals surface area contributed by atoms with E-state index in [9.17, 15) is 9.59 Å². The zero-order valence-corrected chi connectivity index (χ0v) is 14.6. The van der Waals surface area contributed by atoms with Crippen molar-refractivity contribution in [3.05, 3.63) is 0 Å². The van der Waals surface area contributed by atoms with Crippen molar-refractivity contribution in [2.24, 2.45) is 0 Å². The number of ketones is 1. The third-order valence-electron chi connectivity index (χ3n) is 2.44. The van der Waals surface area contributed by atoms with Gasteiger partial charge in [-0.2, -0.15) is 0 Å². The summed E-state index contributed by atoms with van der Waals surface area (Å²) in [6.45, 7) is 2.45. The first-order chi connectivity index (χ1) is 9.41. The lowest BCUT2D eigenvalue weighted by molar-refractivity contribution is -0.118. The lowest BCUT2D eigenvalue weighted by atomic mass is 10.2. The van der Waals surface area contributed by atoms with Crippen molar-refractivity contribution in [3.63, 3.8) is 0 Å². The van der Waals surface area contributed by atoms with Gasteiger partial charge in [-0.05, 0) is 41.2 Å². The molecule has 0 heterocycles. The lowest BCUT2D eigenvalue weighted by Gasteiger charge is -2.10. The number of likely N-dealkylation sites (N-methyl/N-ethyl adjacent to an activating group) is 1. The zero-order valence-electron chi connectivity index (χ0n) is 13.0. The van der Waals surface area contributed by atoms with E-state index in [1.165, 1.54) is 21.6 Å². The topological polar surface area (TPSA) is 52.7 Å². The Hall–Kier alpha value is -0.240. The van der Waals surface area contributed by atoms with Crippen LogP contribution in [-0.2, 0) is 9.59 Å². The fourth-order valence-electron chi connectivity index (χ4n) is 1.34. The van der Waals surface area contributed by atoms with Gasteiger partial charge in [0.05, 0.1) is 11.5 Å². The third-order valence-corrected chi connectivity index (χ3v) is 4.63. The Morgan fingerprint density at radius 2 is 1.55 bits per heavy atom. The Morgan fingerprint density at radius 3 is 2.15 bits per heavy atom. The lowest BCUT2D eigenvalue weighted by Crippen LogP contribution is -2.32. The van der Waals surface area contributed by atoms with Crippen LogP contribution in [0.4, 0.5) is 0 Å². The summed E-state index contributed by atoms with van der Waals surface area (Å²) < 4.78 is 0. The van der Waals surface area contributed by atoms with Crippen LogP contribution in [0, 0.1) is 0 Å². The maximum absolute atomic E-state index is 11.6. The maximum atomic E-state index is 11.6. The molecule has 0 bridgehead atoms. The van der Waals surface area contributed by atoms with Crippen molar-refractivity contribution in [1.82, 2.24) is 15.1 Å². The Balaban J connectivity index is 3.41. The number of rotatable bonds is 12. The van der Waals surface area contributed by atoms with E-state index in [2.05, 4.69) is 10.2 Å². The summed E-state index contributed by atoms with van der Waals surface area (Å²) >= 11 is 0. The van der Waals surface area contributed by atoms with E-state index in [1.807, 2.05) is 33.1 Å². The summed E-state index contributed by atoms with van der Waals surface area (Å²) in [4.78, 5) is 27.1. The van der Waals surface area contributed by atoms with E-state index in [0.29, 0.717) is 24.5 Å². The summed E-state index contributed by atoms with van der Waals surface area (Å²) in [6, 6.07) is 0. The Kier molecular flexibility index (Phi) is 12.3. The van der Waals surface area contributed by atoms with E-state index < -0.39 is 0 Å². The maximum Gasteiger partial charge on any atom is 0.230 e. The van der Waals surface area contributed by atoms with E-state index in [0.717, 1.165) is 19.5 Å². The van der Waals surface area contributed by atoms with Crippen molar-refractivity contribution >= 4 is 33.3 Å². The van der Waals surface area contributed by atoms with E-state index in [-0.39, 0.29) is 11.7 Å². The normalized spacial score (nSPS) is 11.1. The van der Waals surface area contributed by atoms with Crippen LogP contribution in [0.1, 0.15) is 12.8 Å². The molecule has 0 saturated heterocycles. The molecular weight excluding hydrogens is 294 g/mol. The number of hydrogen-bond acceptors (Lipinski definition) is 6. The second-order valence-electron chi connectivity index (χ2n) is 5.12. The van der Waals surface area contributed by atoms with Gasteiger partial charge >= 0.3 is 0 Å². The van der Waals surface area contributed by atoms with E-state index >= 15 is 0 Å². The van der Waals surface area contributed by atoms with Gasteiger partial charge in [0.15, 0.2) is 0 Å². The molecule has 0 rings (SSSR count). The third kappa shape index (κ3) is 14.2. The predicted octanol–water partition coefficient (Wildman–Crippen LogP) is 0.957. The molecule has 0 fully saturated rings. The van der Waals surface area contributed by atoms with Gasteiger partial charge in [0.1, 0.15) is 5.78 Å². The van der Waals surface area contributed by atoms with Crippen LogP contribution in [0.25, 0.3) is 0 Å². The molecule has 7 heteroatoms. The molecule has 0 aliphatic heterocycles. The van der Waals surface area contributed by atoms with Gasteiger partial charge < -0.3 is 15.1 Å². The monoisotopic (exact) mass is 321 g/mol. The summed E-state index contributed by atoms with van der Waals surface area (Å²) in [6.07, 6.45) is 1.53. The van der Waals surface area contributed by atoms with Gasteiger partial charge in [-0.3, -0.25) is 9.59 Å². The standard InChI is InChI=1S/C13H27N3O2S2/c1-15(2)8-5-6-12(17)10-19-20-11-13(18)14-7-9-16(3)4/h5-11H2,1-4H3,(H,14,18). The summed E-state index contributed by atoms with van der Waals surface area (Å²) in [5.41, 5.74) is 0. The van der Waals surface area contributed by atoms with E-state index in [1.54, 1.807) is 0 Å². The molecule has 20 heavy (non-hydrogen) atoms. The number of nitrogens with zero attached hydrogens (tertiary/aromatic N) is 2. The smallest absolute Gasteiger partial charge is 0.230 e. The highest BCUT2D eigenvalue weighted by molar-refractivity contribution is 8.77. The fourth-order valence-corrected chi connectivity index (χ4v) is 3.20. The minimum atomic E-state index is 0.0319. The van der Waals surface area contributed by atoms with Crippen molar-refractivity contribution in [2.45, 2.75) is 12.8 Å². The van der Waals surface area contributed by atoms with Crippen molar-refractivity contribution in [1.29, 1.82) is 0 Å². The van der Waals surface area contributed by atoms with E-state index in [4.69, 9.17) is 0 Å². The average Bonchev–Trinajstić information content (AvgIpc) is 2.33. The molecule has 0 aliphatic rings. The Morgan fingerprint density at radius 1 is 0.950 bits per heavy atom. The van der Waals surface area contributed by atoms with Crippen LogP contribution in [-0.4, -0.2) is 80.8 Å². The molecule has 0 aromatic carbocycles. The summed E-state index contributed by atoms with van der Waals surface area (Å²) in [5.74, 6) is 1.19. The second kappa shape index (κ2) is 12.5. The highest BCUT2D eigenvalue weighted by atomic mass is 33.1. The van der Waals surface area contributed by atoms with Crippen LogP contribution in [0.15, 0.2) is 0 Å². The van der Waals surface area contributed by atoms with Gasteiger partial charge in [0.25, 0.3) is 0 Å². The molecule has 0 saturated carbocycles. The van der Waals surface area contributed by atoms with Crippen LogP contribution >= 0.6 is 21.6 Å². The molecule has 0 aromatic rings. The van der Waals surface area contributed by atoms with Crippen LogP contribution in [0.2, 0.25) is 0 Å². The molecular formula is C13H27N3O2S2. The van der Waals surface area contributed by atoms with Crippen LogP contribution < -0.4 is 5.32 Å². The zero-order chi connectivity index (χ0) is 15.4. The average molecular weight is 322 g/mol. The first-order valence-corrected chi connectivity index (χ1v) is 9.23. The number of carbonyl (C=O) groups excluding carboxylic acids is 2. The molecule has 1 amide bonds. The van der Waals surface area contributed by atoms with Gasteiger partial charge in [-0.1, -0.05) is 21.6 Å². The molecule has 0 spiro atoms. The van der Waals surface area contributed by atoms with Crippen LogP contribution in [0.3, 0.4) is 0 Å². The molecule has 1 N–H and O–H groups in total. The SMILES string of the molecule is CN(C)CCCC(=O)CSSCC(=O)NCCN(C)C. The van der Waals surface area contributed by atoms with Gasteiger partial charge in [-0.25, -0.2) is 0 Å². The molecule has 0 unspecified atom stereocenters. The van der Waals surface area contributed by atoms with Crippen LogP contribution in [0.5, 0.6) is 0 Å². The highest BCUT2D eigenvalue weighted by Gasteiger charge is 2.05. The summed E-state index contributed by atoms with van der Waals surface area (Å²) in [7, 11) is 10.9. The number of amides is 1. The van der Waals surface area contributed by atoms with Gasteiger partial charge in [0.2, 0.25) is 5.91 Å². The quantitative estimate of drug-likeness (QED) is 0.427. The number of carbonyl (C=O) groups is 2. The Bertz CT molecular complexity index is 259. The minimum absolute atomic E-state index is 0.0319. The Labute approximate surface area is 130 Å². The number of Topliss-reactive ketones (excluding diaryl/α,β-unsaturated/α-hetero) is 1. The molecule has 0 aliphatic carbocycles. The second-order valence-corrected chi connectivity index (χ2v) is 7.59. The molecule has 5 nitrogen and oxygen atoms in total. The van der Waals surface area contributed by atoms with Gasteiger partial charge in [-0.15, -0.1) is 0 Å². The first kappa shape index (κ1) is 19.8. The van der Waals surface area contributed by atoms with Crippen molar-refractivity contribution in [3.8, 4) is 0 Å². The summed E-state index contributed by atoms with van der Waals surface area (Å²) in [5, 5.41) is 2.84. The van der Waals surface area contributed by atoms with Crippen molar-refractivity contribution < 1.29 is 9.59 Å². The first-order valence-electron chi connectivity index (χ1n) is 6.74. The molecule has 0 radical (unpaired) electrons. The molecule has 118 valence electrons. The largest absolute Gasteiger partial charge is 0.354 e. The van der Waals surface area contributed by atoms with Gasteiger partial charge in [0, 0.05) is 19.5 Å². The predicted molar refractivity (Wildman–Crippen MR) is 89.3 cm³/mol. The number of nitrogens with one attached hydrogen (secondary N) is 1. The molecule has 0 aromatic heterocycles. The minimum Gasteiger partial charge on any atom is -0.354 e.